The molecule has 0 radical (unpaired) electrons. The van der Waals surface area contributed by atoms with Crippen LogP contribution in [0.4, 0.5) is 0 Å². The summed E-state index contributed by atoms with van der Waals surface area (Å²) in [5, 5.41) is 0. The monoisotopic (exact) mass is 150 g/mol. The molecule has 0 saturated carbocycles. The molecule has 0 aromatic carbocycles. The van der Waals surface area contributed by atoms with E-state index in [4.69, 9.17) is 0 Å². The van der Waals surface area contributed by atoms with E-state index in [0.717, 1.165) is 0 Å². The molecular weight excluding hydrogens is 138 g/mol. The van der Waals surface area contributed by atoms with Gasteiger partial charge >= 0.3 is 21.6 Å². The second-order valence-corrected chi connectivity index (χ2v) is 4.02. The molecule has 0 N–H and O–H groups in total. The zero-order valence-electron chi connectivity index (χ0n) is 4.78. The average molecular weight is 150 g/mol. The Kier molecular flexibility index (Phi) is 15.6. The zero-order valence-corrected chi connectivity index (χ0v) is 6.72. The maximum atomic E-state index is 3.56. The van der Waals surface area contributed by atoms with Gasteiger partial charge in [-0.05, 0) is 20.0 Å². The van der Waals surface area contributed by atoms with Crippen LogP contribution >= 0.6 is 7.92 Å². The molecule has 0 spiro atoms. The molecule has 0 unspecified atom stereocenters. The molecule has 0 rings (SSSR count). The van der Waals surface area contributed by atoms with Crippen LogP contribution in [0.5, 0.6) is 0 Å². The molecule has 0 aliphatic carbocycles. The van der Waals surface area contributed by atoms with Crippen LogP contribution in [0.3, 0.4) is 0 Å². The van der Waals surface area contributed by atoms with E-state index in [-0.39, 0.29) is 0 Å². The fraction of sp³-hybridized carbons (Fsp3) is 1.00. The summed E-state index contributed by atoms with van der Waals surface area (Å²) < 4.78 is 0. The van der Waals surface area contributed by atoms with Gasteiger partial charge in [0, 0.05) is 0 Å². The summed E-state index contributed by atoms with van der Waals surface area (Å²) in [7, 11) is 0.380. The van der Waals surface area contributed by atoms with Crippen molar-refractivity contribution in [2.24, 2.45) is 0 Å². The molecule has 0 aromatic rings. The van der Waals surface area contributed by atoms with E-state index in [1.807, 2.05) is 0 Å². The fourth-order valence-electron chi connectivity index (χ4n) is 0. The fourth-order valence-corrected chi connectivity index (χ4v) is 0. The molecule has 0 aliphatic rings. The molecule has 0 bridgehead atoms. The van der Waals surface area contributed by atoms with Gasteiger partial charge in [0.25, 0.3) is 0 Å². The van der Waals surface area contributed by atoms with E-state index >= 15 is 0 Å². The summed E-state index contributed by atoms with van der Waals surface area (Å²) in [6, 6.07) is 0. The van der Waals surface area contributed by atoms with Crippen LogP contribution in [0.25, 0.3) is 0 Å². The molecule has 0 amide bonds. The molecule has 0 aliphatic heterocycles. The third kappa shape index (κ3) is 87.2. The second kappa shape index (κ2) is 9.34. The first-order valence-electron chi connectivity index (χ1n) is 1.67. The van der Waals surface area contributed by atoms with Crippen molar-refractivity contribution in [3.63, 3.8) is 0 Å². The van der Waals surface area contributed by atoms with E-state index in [1.54, 1.807) is 5.86 Å². The van der Waals surface area contributed by atoms with Crippen molar-refractivity contribution >= 4 is 7.92 Å². The van der Waals surface area contributed by atoms with E-state index in [9.17, 15) is 0 Å². The van der Waals surface area contributed by atoms with Crippen molar-refractivity contribution < 1.29 is 15.7 Å². The van der Waals surface area contributed by atoms with E-state index < -0.39 is 0 Å². The SMILES string of the molecule is CP(C)C.[CH3][Co]. The van der Waals surface area contributed by atoms with Gasteiger partial charge in [0.1, 0.15) is 0 Å². The Labute approximate surface area is 50.0 Å². The third-order valence-corrected chi connectivity index (χ3v) is 0. The van der Waals surface area contributed by atoms with Gasteiger partial charge in [-0.2, -0.15) is 0 Å². The Hall–Kier alpha value is 0.936. The summed E-state index contributed by atoms with van der Waals surface area (Å²) in [6.07, 6.45) is 0. The van der Waals surface area contributed by atoms with Gasteiger partial charge in [0.15, 0.2) is 0 Å². The predicted octanol–water partition coefficient (Wildman–Crippen LogP) is 1.94. The van der Waals surface area contributed by atoms with Crippen molar-refractivity contribution in [3.05, 3.63) is 0 Å². The molecule has 6 heavy (non-hydrogen) atoms. The Bertz CT molecular complexity index is 12.3. The Morgan fingerprint density at radius 3 is 1.00 bits per heavy atom. The first kappa shape index (κ1) is 10.0. The second-order valence-electron chi connectivity index (χ2n) is 1.34. The molecule has 0 aromatic heterocycles. The number of hydrogen-bond donors (Lipinski definition) is 0. The van der Waals surface area contributed by atoms with Crippen LogP contribution in [-0.4, -0.2) is 20.0 Å². The van der Waals surface area contributed by atoms with Gasteiger partial charge in [-0.1, -0.05) is 0 Å². The van der Waals surface area contributed by atoms with Crippen LogP contribution in [0, 0.1) is 0 Å². The first-order valence-corrected chi connectivity index (χ1v) is 5.40. The molecular formula is C4H12CoP. The minimum absolute atomic E-state index is 0.380. The summed E-state index contributed by atoms with van der Waals surface area (Å²) >= 11 is 3.56. The van der Waals surface area contributed by atoms with Crippen LogP contribution in [0.1, 0.15) is 0 Å². The molecule has 0 saturated heterocycles. The quantitative estimate of drug-likeness (QED) is 0.463. The molecule has 0 fully saturated rings. The van der Waals surface area contributed by atoms with Gasteiger partial charge in [-0.15, -0.1) is 7.92 Å². The maximum absolute atomic E-state index is 3.56. The van der Waals surface area contributed by atoms with Crippen LogP contribution in [0.2, 0.25) is 5.86 Å². The zero-order chi connectivity index (χ0) is 5.58. The number of rotatable bonds is 0. The Balaban J connectivity index is 0. The van der Waals surface area contributed by atoms with E-state index in [0.29, 0.717) is 7.92 Å². The summed E-state index contributed by atoms with van der Waals surface area (Å²) in [4.78, 5) is 0. The number of hydrogen-bond acceptors (Lipinski definition) is 0. The van der Waals surface area contributed by atoms with Gasteiger partial charge in [0.2, 0.25) is 0 Å². The normalized spacial score (nSPS) is 7.17. The Morgan fingerprint density at radius 2 is 1.00 bits per heavy atom. The van der Waals surface area contributed by atoms with Crippen LogP contribution < -0.4 is 0 Å². The standard InChI is InChI=1S/C3H9P.CH3.Co/c1-4(2)3;;/h1-3H3;1H3;. The first-order chi connectivity index (χ1) is 2.73. The van der Waals surface area contributed by atoms with Gasteiger partial charge < -0.3 is 0 Å². The summed E-state index contributed by atoms with van der Waals surface area (Å²) in [6.45, 7) is 6.69. The summed E-state index contributed by atoms with van der Waals surface area (Å²) in [5.74, 6) is 1.69. The van der Waals surface area contributed by atoms with Crippen molar-refractivity contribution in [1.29, 1.82) is 0 Å². The van der Waals surface area contributed by atoms with Gasteiger partial charge in [-0.25, -0.2) is 0 Å². The molecule has 42 valence electrons. The van der Waals surface area contributed by atoms with Crippen LogP contribution in [-0.2, 0) is 15.7 Å². The summed E-state index contributed by atoms with van der Waals surface area (Å²) in [5.41, 5.74) is 0. The third-order valence-electron chi connectivity index (χ3n) is 0. The van der Waals surface area contributed by atoms with Gasteiger partial charge in [-0.3, -0.25) is 0 Å². The minimum atomic E-state index is 0.380. The predicted molar refractivity (Wildman–Crippen MR) is 30.6 cm³/mol. The average Bonchev–Trinajstić information content (AvgIpc) is 1.41. The van der Waals surface area contributed by atoms with Crippen molar-refractivity contribution in [2.45, 2.75) is 5.86 Å². The Morgan fingerprint density at radius 1 is 1.00 bits per heavy atom. The molecule has 0 heterocycles. The van der Waals surface area contributed by atoms with Crippen molar-refractivity contribution in [1.82, 2.24) is 0 Å². The topological polar surface area (TPSA) is 0 Å². The molecule has 0 nitrogen and oxygen atoms in total. The van der Waals surface area contributed by atoms with E-state index in [2.05, 4.69) is 35.7 Å². The van der Waals surface area contributed by atoms with E-state index in [1.165, 1.54) is 0 Å². The molecule has 2 heteroatoms. The van der Waals surface area contributed by atoms with Crippen LogP contribution in [0.15, 0.2) is 0 Å². The van der Waals surface area contributed by atoms with Crippen molar-refractivity contribution in [3.8, 4) is 0 Å². The van der Waals surface area contributed by atoms with Crippen molar-refractivity contribution in [2.75, 3.05) is 20.0 Å². The van der Waals surface area contributed by atoms with Gasteiger partial charge in [0.05, 0.1) is 0 Å². The molecule has 0 atom stereocenters.